The number of H-pyrrole nitrogens is 1. The summed E-state index contributed by atoms with van der Waals surface area (Å²) in [6.07, 6.45) is 3.40. The van der Waals surface area contributed by atoms with E-state index >= 15 is 0 Å². The number of aromatic nitrogens is 2. The second-order valence-electron chi connectivity index (χ2n) is 4.80. The SMILES string of the molecule is COc1ccc(-c2[nH]c(-c3ccncc3)cc2C(N)=O)cc1. The van der Waals surface area contributed by atoms with Crippen LogP contribution in [-0.4, -0.2) is 23.0 Å². The standard InChI is InChI=1S/C17H15N3O2/c1-22-13-4-2-12(3-5-13)16-14(17(18)21)10-15(20-16)11-6-8-19-9-7-11/h2-10,20H,1H3,(H2,18,21). The Morgan fingerprint density at radius 1 is 1.09 bits per heavy atom. The van der Waals surface area contributed by atoms with Crippen molar-refractivity contribution >= 4 is 5.91 Å². The molecule has 5 heteroatoms. The van der Waals surface area contributed by atoms with Crippen LogP contribution in [0.2, 0.25) is 0 Å². The smallest absolute Gasteiger partial charge is 0.250 e. The largest absolute Gasteiger partial charge is 0.497 e. The Balaban J connectivity index is 2.09. The zero-order chi connectivity index (χ0) is 15.5. The predicted octanol–water partition coefficient (Wildman–Crippen LogP) is 2.85. The number of ether oxygens (including phenoxy) is 1. The van der Waals surface area contributed by atoms with Crippen LogP contribution in [0.25, 0.3) is 22.5 Å². The van der Waals surface area contributed by atoms with Crippen molar-refractivity contribution in [3.8, 4) is 28.3 Å². The highest BCUT2D eigenvalue weighted by Crippen LogP contribution is 2.29. The summed E-state index contributed by atoms with van der Waals surface area (Å²) in [4.78, 5) is 19.0. The highest BCUT2D eigenvalue weighted by molar-refractivity contribution is 6.00. The Hall–Kier alpha value is -3.08. The molecule has 0 unspecified atom stereocenters. The molecule has 3 N–H and O–H groups in total. The van der Waals surface area contributed by atoms with Crippen molar-refractivity contribution in [2.45, 2.75) is 0 Å². The van der Waals surface area contributed by atoms with Crippen LogP contribution >= 0.6 is 0 Å². The van der Waals surface area contributed by atoms with E-state index in [0.29, 0.717) is 11.3 Å². The Kier molecular flexibility index (Phi) is 3.62. The molecule has 0 saturated heterocycles. The first-order chi connectivity index (χ1) is 10.7. The van der Waals surface area contributed by atoms with Crippen LogP contribution in [0.3, 0.4) is 0 Å². The van der Waals surface area contributed by atoms with Gasteiger partial charge < -0.3 is 15.5 Å². The number of carbonyl (C=O) groups excluding carboxylic acids is 1. The third-order valence-electron chi connectivity index (χ3n) is 3.45. The number of rotatable bonds is 4. The van der Waals surface area contributed by atoms with Crippen molar-refractivity contribution in [1.82, 2.24) is 9.97 Å². The summed E-state index contributed by atoms with van der Waals surface area (Å²) in [5.41, 5.74) is 9.29. The third-order valence-corrected chi connectivity index (χ3v) is 3.45. The summed E-state index contributed by atoms with van der Waals surface area (Å²) in [6, 6.07) is 12.9. The number of pyridine rings is 1. The molecular weight excluding hydrogens is 278 g/mol. The summed E-state index contributed by atoms with van der Waals surface area (Å²) >= 11 is 0. The maximum absolute atomic E-state index is 11.7. The van der Waals surface area contributed by atoms with Gasteiger partial charge in [0.05, 0.1) is 18.4 Å². The monoisotopic (exact) mass is 293 g/mol. The molecule has 0 fully saturated rings. The van der Waals surface area contributed by atoms with E-state index in [4.69, 9.17) is 10.5 Å². The molecular formula is C17H15N3O2. The summed E-state index contributed by atoms with van der Waals surface area (Å²) < 4.78 is 5.15. The molecule has 0 bridgehead atoms. The van der Waals surface area contributed by atoms with Crippen LogP contribution in [0.5, 0.6) is 5.75 Å². The first-order valence-corrected chi connectivity index (χ1v) is 6.76. The Morgan fingerprint density at radius 2 is 1.77 bits per heavy atom. The van der Waals surface area contributed by atoms with E-state index in [2.05, 4.69) is 9.97 Å². The van der Waals surface area contributed by atoms with Crippen LogP contribution in [-0.2, 0) is 0 Å². The minimum Gasteiger partial charge on any atom is -0.497 e. The maximum Gasteiger partial charge on any atom is 0.250 e. The topological polar surface area (TPSA) is 81.0 Å². The van der Waals surface area contributed by atoms with Crippen LogP contribution < -0.4 is 10.5 Å². The first-order valence-electron chi connectivity index (χ1n) is 6.76. The number of hydrogen-bond donors (Lipinski definition) is 2. The first kappa shape index (κ1) is 13.9. The average Bonchev–Trinajstić information content (AvgIpc) is 3.01. The second-order valence-corrected chi connectivity index (χ2v) is 4.80. The number of amides is 1. The Bertz CT molecular complexity index is 793. The van der Waals surface area contributed by atoms with E-state index in [1.165, 1.54) is 0 Å². The zero-order valence-electron chi connectivity index (χ0n) is 12.0. The van der Waals surface area contributed by atoms with Gasteiger partial charge in [0.15, 0.2) is 0 Å². The van der Waals surface area contributed by atoms with Crippen LogP contribution in [0.1, 0.15) is 10.4 Å². The van der Waals surface area contributed by atoms with Crippen molar-refractivity contribution in [2.24, 2.45) is 5.73 Å². The molecule has 5 nitrogen and oxygen atoms in total. The van der Waals surface area contributed by atoms with E-state index in [9.17, 15) is 4.79 Å². The minimum atomic E-state index is -0.470. The highest BCUT2D eigenvalue weighted by Gasteiger charge is 2.15. The van der Waals surface area contributed by atoms with Gasteiger partial charge in [0, 0.05) is 23.7 Å². The van der Waals surface area contributed by atoms with E-state index in [-0.39, 0.29) is 0 Å². The lowest BCUT2D eigenvalue weighted by Gasteiger charge is -2.04. The molecule has 3 rings (SSSR count). The molecule has 0 atom stereocenters. The highest BCUT2D eigenvalue weighted by atomic mass is 16.5. The Labute approximate surface area is 127 Å². The molecule has 0 aliphatic carbocycles. The molecule has 1 aromatic carbocycles. The number of nitrogens with two attached hydrogens (primary N) is 1. The van der Waals surface area contributed by atoms with E-state index < -0.39 is 5.91 Å². The number of nitrogens with zero attached hydrogens (tertiary/aromatic N) is 1. The van der Waals surface area contributed by atoms with Gasteiger partial charge in [-0.25, -0.2) is 0 Å². The average molecular weight is 293 g/mol. The lowest BCUT2D eigenvalue weighted by molar-refractivity contribution is 0.100. The summed E-state index contributed by atoms with van der Waals surface area (Å²) in [5, 5.41) is 0. The number of nitrogens with one attached hydrogen (secondary N) is 1. The van der Waals surface area contributed by atoms with Gasteiger partial charge in [-0.1, -0.05) is 0 Å². The normalized spacial score (nSPS) is 10.4. The zero-order valence-corrected chi connectivity index (χ0v) is 12.0. The maximum atomic E-state index is 11.7. The number of aromatic amines is 1. The van der Waals surface area contributed by atoms with Crippen molar-refractivity contribution < 1.29 is 9.53 Å². The fraction of sp³-hybridized carbons (Fsp3) is 0.0588. The van der Waals surface area contributed by atoms with Crippen LogP contribution in [0.15, 0.2) is 54.9 Å². The number of benzene rings is 1. The summed E-state index contributed by atoms with van der Waals surface area (Å²) in [7, 11) is 1.61. The fourth-order valence-corrected chi connectivity index (χ4v) is 2.32. The van der Waals surface area contributed by atoms with E-state index in [0.717, 1.165) is 22.6 Å². The lowest BCUT2D eigenvalue weighted by atomic mass is 10.1. The van der Waals surface area contributed by atoms with E-state index in [1.54, 1.807) is 25.6 Å². The Morgan fingerprint density at radius 3 is 2.36 bits per heavy atom. The molecule has 110 valence electrons. The van der Waals surface area contributed by atoms with Gasteiger partial charge >= 0.3 is 0 Å². The molecule has 2 aromatic heterocycles. The van der Waals surface area contributed by atoms with Gasteiger partial charge in [0.25, 0.3) is 5.91 Å². The number of primary amides is 1. The molecule has 0 aliphatic rings. The van der Waals surface area contributed by atoms with Crippen molar-refractivity contribution in [3.63, 3.8) is 0 Å². The molecule has 22 heavy (non-hydrogen) atoms. The number of hydrogen-bond acceptors (Lipinski definition) is 3. The summed E-state index contributed by atoms with van der Waals surface area (Å²) in [5.74, 6) is 0.285. The summed E-state index contributed by atoms with van der Waals surface area (Å²) in [6.45, 7) is 0. The van der Waals surface area contributed by atoms with Crippen molar-refractivity contribution in [3.05, 3.63) is 60.4 Å². The quantitative estimate of drug-likeness (QED) is 0.776. The van der Waals surface area contributed by atoms with Crippen molar-refractivity contribution in [1.29, 1.82) is 0 Å². The fourth-order valence-electron chi connectivity index (χ4n) is 2.32. The lowest BCUT2D eigenvalue weighted by Crippen LogP contribution is -2.11. The molecule has 0 radical (unpaired) electrons. The van der Waals surface area contributed by atoms with Gasteiger partial charge in [-0.05, 0) is 48.0 Å². The number of methoxy groups -OCH3 is 1. The van der Waals surface area contributed by atoms with E-state index in [1.807, 2.05) is 36.4 Å². The van der Waals surface area contributed by atoms with Crippen LogP contribution in [0.4, 0.5) is 0 Å². The van der Waals surface area contributed by atoms with Gasteiger partial charge in [0.2, 0.25) is 0 Å². The molecule has 3 aromatic rings. The number of carbonyl (C=O) groups is 1. The molecule has 2 heterocycles. The molecule has 0 saturated carbocycles. The van der Waals surface area contributed by atoms with Gasteiger partial charge in [-0.2, -0.15) is 0 Å². The van der Waals surface area contributed by atoms with Gasteiger partial charge in [-0.15, -0.1) is 0 Å². The predicted molar refractivity (Wildman–Crippen MR) is 84.5 cm³/mol. The molecule has 0 spiro atoms. The minimum absolute atomic E-state index is 0.456. The van der Waals surface area contributed by atoms with Gasteiger partial charge in [-0.3, -0.25) is 9.78 Å². The van der Waals surface area contributed by atoms with Crippen molar-refractivity contribution in [2.75, 3.05) is 7.11 Å². The molecule has 1 amide bonds. The van der Waals surface area contributed by atoms with Gasteiger partial charge in [0.1, 0.15) is 5.75 Å². The third kappa shape index (κ3) is 2.56. The second kappa shape index (κ2) is 5.73. The molecule has 0 aliphatic heterocycles. The van der Waals surface area contributed by atoms with Crippen LogP contribution in [0, 0.1) is 0 Å².